The van der Waals surface area contributed by atoms with Gasteiger partial charge < -0.3 is 9.64 Å². The Labute approximate surface area is 188 Å². The van der Waals surface area contributed by atoms with Crippen LogP contribution >= 0.6 is 0 Å². The van der Waals surface area contributed by atoms with Crippen molar-refractivity contribution in [3.63, 3.8) is 0 Å². The number of likely N-dealkylation sites (tertiary alicyclic amines) is 1. The number of hydrogen-bond acceptors (Lipinski definition) is 3. The summed E-state index contributed by atoms with van der Waals surface area (Å²) < 4.78 is 6.38. The molecule has 2 aliphatic heterocycles. The number of amides is 1. The van der Waals surface area contributed by atoms with Crippen molar-refractivity contribution in [2.24, 2.45) is 5.41 Å². The van der Waals surface area contributed by atoms with E-state index in [-0.39, 0.29) is 13.2 Å². The maximum absolute atomic E-state index is 13.9. The van der Waals surface area contributed by atoms with Gasteiger partial charge in [0.05, 0.1) is 18.1 Å². The molecule has 3 aromatic rings. The van der Waals surface area contributed by atoms with E-state index < -0.39 is 28.6 Å². The SMILES string of the molecule is C=C[C@@]1(c2ccccc2)CO[C@H](c2ccccc2)[C@]12CN(Cc1ccccc1)C(=O)C2=O. The van der Waals surface area contributed by atoms with Crippen LogP contribution in [0.2, 0.25) is 0 Å². The number of carbonyl (C=O) groups excluding carboxylic acids is 2. The van der Waals surface area contributed by atoms with Crippen molar-refractivity contribution in [2.75, 3.05) is 13.2 Å². The van der Waals surface area contributed by atoms with E-state index in [2.05, 4.69) is 6.58 Å². The molecule has 1 spiro atoms. The van der Waals surface area contributed by atoms with E-state index in [4.69, 9.17) is 4.74 Å². The van der Waals surface area contributed by atoms with E-state index in [1.165, 1.54) is 0 Å². The molecule has 0 bridgehead atoms. The van der Waals surface area contributed by atoms with Gasteiger partial charge >= 0.3 is 0 Å². The molecule has 32 heavy (non-hydrogen) atoms. The molecule has 3 atom stereocenters. The molecule has 0 saturated carbocycles. The van der Waals surface area contributed by atoms with Gasteiger partial charge in [-0.25, -0.2) is 0 Å². The van der Waals surface area contributed by atoms with Crippen molar-refractivity contribution in [3.05, 3.63) is 120 Å². The first kappa shape index (κ1) is 20.4. The van der Waals surface area contributed by atoms with Gasteiger partial charge in [0, 0.05) is 13.1 Å². The highest BCUT2D eigenvalue weighted by Crippen LogP contribution is 2.60. The van der Waals surface area contributed by atoms with Crippen LogP contribution in [0.3, 0.4) is 0 Å². The van der Waals surface area contributed by atoms with Crippen molar-refractivity contribution in [1.29, 1.82) is 0 Å². The van der Waals surface area contributed by atoms with Crippen molar-refractivity contribution < 1.29 is 14.3 Å². The molecule has 1 amide bonds. The van der Waals surface area contributed by atoms with Gasteiger partial charge in [0.1, 0.15) is 5.41 Å². The lowest BCUT2D eigenvalue weighted by Crippen LogP contribution is -2.50. The average molecular weight is 424 g/mol. The summed E-state index contributed by atoms with van der Waals surface area (Å²) >= 11 is 0. The topological polar surface area (TPSA) is 46.6 Å². The molecule has 2 heterocycles. The molecule has 2 saturated heterocycles. The smallest absolute Gasteiger partial charge is 0.291 e. The Kier molecular flexibility index (Phi) is 5.03. The zero-order chi connectivity index (χ0) is 22.2. The van der Waals surface area contributed by atoms with Crippen LogP contribution in [-0.2, 0) is 26.3 Å². The average Bonchev–Trinajstić information content (AvgIpc) is 3.31. The van der Waals surface area contributed by atoms with E-state index >= 15 is 0 Å². The minimum absolute atomic E-state index is 0.278. The lowest BCUT2D eigenvalue weighted by molar-refractivity contribution is -0.144. The largest absolute Gasteiger partial charge is 0.371 e. The lowest BCUT2D eigenvalue weighted by Gasteiger charge is -2.41. The lowest BCUT2D eigenvalue weighted by atomic mass is 9.57. The number of Topliss-reactive ketones (excluding diaryl/α,β-unsaturated/α-hetero) is 1. The summed E-state index contributed by atoms with van der Waals surface area (Å²) in [6.45, 7) is 5.10. The van der Waals surface area contributed by atoms with Crippen molar-refractivity contribution in [3.8, 4) is 0 Å². The standard InChI is InChI=1S/C28H25NO3/c1-2-27(23-16-10-5-11-17-23)20-32-25(22-14-8-4-9-15-22)28(27)19-29(26(31)24(28)30)18-21-12-6-3-7-13-21/h2-17,25H,1,18-20H2/t25-,27+,28-/m1/s1. The van der Waals surface area contributed by atoms with Crippen LogP contribution in [0.4, 0.5) is 0 Å². The number of nitrogens with zero attached hydrogens (tertiary/aromatic N) is 1. The molecule has 2 fully saturated rings. The molecule has 3 aromatic carbocycles. The second-order valence-corrected chi connectivity index (χ2v) is 8.59. The molecule has 0 radical (unpaired) electrons. The van der Waals surface area contributed by atoms with Crippen molar-refractivity contribution in [2.45, 2.75) is 18.1 Å². The normalized spacial score (nSPS) is 27.2. The summed E-state index contributed by atoms with van der Waals surface area (Å²) in [6, 6.07) is 29.4. The minimum atomic E-state index is -1.09. The van der Waals surface area contributed by atoms with Crippen LogP contribution in [0.15, 0.2) is 104 Å². The van der Waals surface area contributed by atoms with Crippen LogP contribution in [-0.4, -0.2) is 29.7 Å². The highest BCUT2D eigenvalue weighted by molar-refractivity contribution is 6.41. The van der Waals surface area contributed by atoms with Crippen molar-refractivity contribution in [1.82, 2.24) is 4.90 Å². The third kappa shape index (κ3) is 2.87. The van der Waals surface area contributed by atoms with Gasteiger partial charge in [0.2, 0.25) is 5.78 Å². The second kappa shape index (κ2) is 7.88. The Balaban J connectivity index is 1.67. The fraction of sp³-hybridized carbons (Fsp3) is 0.214. The fourth-order valence-corrected chi connectivity index (χ4v) is 5.42. The van der Waals surface area contributed by atoms with E-state index in [1.54, 1.807) is 4.90 Å². The molecule has 0 unspecified atom stereocenters. The summed E-state index contributed by atoms with van der Waals surface area (Å²) in [5.41, 5.74) is 0.923. The van der Waals surface area contributed by atoms with E-state index in [0.717, 1.165) is 16.7 Å². The Morgan fingerprint density at radius 1 is 0.906 bits per heavy atom. The summed E-state index contributed by atoms with van der Waals surface area (Å²) in [7, 11) is 0. The Morgan fingerprint density at radius 2 is 1.50 bits per heavy atom. The first-order valence-electron chi connectivity index (χ1n) is 10.9. The number of benzene rings is 3. The van der Waals surface area contributed by atoms with Crippen LogP contribution in [0.25, 0.3) is 0 Å². The number of ketones is 1. The maximum Gasteiger partial charge on any atom is 0.291 e. The predicted octanol–water partition coefficient (Wildman–Crippen LogP) is 4.48. The van der Waals surface area contributed by atoms with Gasteiger partial charge in [0.15, 0.2) is 0 Å². The maximum atomic E-state index is 13.9. The zero-order valence-corrected chi connectivity index (χ0v) is 17.8. The van der Waals surface area contributed by atoms with Crippen LogP contribution < -0.4 is 0 Å². The summed E-state index contributed by atoms with van der Waals surface area (Å²) in [5, 5.41) is 0. The van der Waals surface area contributed by atoms with Gasteiger partial charge in [-0.15, -0.1) is 6.58 Å². The first-order valence-corrected chi connectivity index (χ1v) is 10.9. The number of rotatable bonds is 5. The van der Waals surface area contributed by atoms with Gasteiger partial charge in [0.25, 0.3) is 5.91 Å². The highest BCUT2D eigenvalue weighted by Gasteiger charge is 2.70. The van der Waals surface area contributed by atoms with Gasteiger partial charge in [-0.2, -0.15) is 0 Å². The summed E-state index contributed by atoms with van der Waals surface area (Å²) in [4.78, 5) is 29.0. The van der Waals surface area contributed by atoms with Crippen LogP contribution in [0.1, 0.15) is 22.8 Å². The summed E-state index contributed by atoms with van der Waals surface area (Å²) in [5.74, 6) is -0.856. The van der Waals surface area contributed by atoms with E-state index in [9.17, 15) is 9.59 Å². The fourth-order valence-electron chi connectivity index (χ4n) is 5.42. The third-order valence-corrected chi connectivity index (χ3v) is 7.00. The number of carbonyl (C=O) groups is 2. The molecule has 2 aliphatic rings. The van der Waals surface area contributed by atoms with Gasteiger partial charge in [-0.05, 0) is 16.7 Å². The molecule has 4 heteroatoms. The molecular formula is C28H25NO3. The van der Waals surface area contributed by atoms with E-state index in [1.807, 2.05) is 97.1 Å². The Bertz CT molecular complexity index is 1150. The van der Waals surface area contributed by atoms with Gasteiger partial charge in [-0.1, -0.05) is 97.1 Å². The van der Waals surface area contributed by atoms with Gasteiger partial charge in [-0.3, -0.25) is 9.59 Å². The Morgan fingerprint density at radius 3 is 2.12 bits per heavy atom. The zero-order valence-electron chi connectivity index (χ0n) is 17.8. The van der Waals surface area contributed by atoms with Crippen molar-refractivity contribution >= 4 is 11.7 Å². The molecule has 5 rings (SSSR count). The molecule has 160 valence electrons. The second-order valence-electron chi connectivity index (χ2n) is 8.59. The molecular weight excluding hydrogens is 398 g/mol. The molecule has 0 aliphatic carbocycles. The highest BCUT2D eigenvalue weighted by atomic mass is 16.5. The predicted molar refractivity (Wildman–Crippen MR) is 123 cm³/mol. The quantitative estimate of drug-likeness (QED) is 0.449. The monoisotopic (exact) mass is 423 g/mol. The number of hydrogen-bond donors (Lipinski definition) is 0. The first-order chi connectivity index (χ1) is 15.6. The third-order valence-electron chi connectivity index (χ3n) is 7.00. The minimum Gasteiger partial charge on any atom is -0.371 e. The van der Waals surface area contributed by atoms with Crippen LogP contribution in [0.5, 0.6) is 0 Å². The van der Waals surface area contributed by atoms with E-state index in [0.29, 0.717) is 6.54 Å². The molecule has 0 aromatic heterocycles. The Hall–Kier alpha value is -3.50. The summed E-state index contributed by atoms with van der Waals surface area (Å²) in [6.07, 6.45) is 1.28. The number of ether oxygens (including phenoxy) is 1. The molecule has 4 nitrogen and oxygen atoms in total. The molecule has 0 N–H and O–H groups in total. The van der Waals surface area contributed by atoms with Crippen LogP contribution in [0, 0.1) is 5.41 Å².